The number of carboxylic acids is 1. The minimum absolute atomic E-state index is 0.00871. The zero-order valence-electron chi connectivity index (χ0n) is 17.8. The highest BCUT2D eigenvalue weighted by Crippen LogP contribution is 2.49. The molecule has 2 atom stereocenters. The van der Waals surface area contributed by atoms with E-state index in [1.54, 1.807) is 6.92 Å². The van der Waals surface area contributed by atoms with Crippen LogP contribution >= 0.6 is 0 Å². The third kappa shape index (κ3) is 5.92. The maximum absolute atomic E-state index is 12.9. The number of aliphatic carboxylic acids is 1. The molecule has 0 aromatic carbocycles. The molecule has 0 heterocycles. The molecule has 0 spiro atoms. The Morgan fingerprint density at radius 3 is 1.71 bits per heavy atom. The van der Waals surface area contributed by atoms with Crippen molar-refractivity contribution in [2.75, 3.05) is 6.61 Å². The minimum atomic E-state index is -5.05. The van der Waals surface area contributed by atoms with Crippen molar-refractivity contribution in [3.8, 4) is 0 Å². The number of hydrogen-bond donors (Lipinski definition) is 2. The van der Waals surface area contributed by atoms with Crippen LogP contribution in [0.15, 0.2) is 0 Å². The summed E-state index contributed by atoms with van der Waals surface area (Å²) in [6.45, 7) is 6.99. The molecule has 0 rings (SSSR count). The van der Waals surface area contributed by atoms with E-state index in [1.807, 2.05) is 13.8 Å². The van der Waals surface area contributed by atoms with Gasteiger partial charge in [0.15, 0.2) is 0 Å². The number of carbonyl (C=O) groups excluding carboxylic acids is 1. The van der Waals surface area contributed by atoms with E-state index in [1.165, 1.54) is 6.92 Å². The van der Waals surface area contributed by atoms with E-state index < -0.39 is 32.2 Å². The Kier molecular flexibility index (Phi) is 11.9. The Morgan fingerprint density at radius 2 is 1.36 bits per heavy atom. The Balaban J connectivity index is 6.40. The van der Waals surface area contributed by atoms with Crippen LogP contribution in [0, 0.1) is 5.41 Å². The Labute approximate surface area is 170 Å². The zero-order valence-corrected chi connectivity index (χ0v) is 18.6. The highest BCUT2D eigenvalue weighted by Gasteiger charge is 2.68. The fourth-order valence-corrected chi connectivity index (χ4v) is 5.51. The Morgan fingerprint density at radius 1 is 0.857 bits per heavy atom. The summed E-state index contributed by atoms with van der Waals surface area (Å²) in [5, 5.41) is 10.1. The van der Waals surface area contributed by atoms with Crippen LogP contribution in [0.3, 0.4) is 0 Å². The van der Waals surface area contributed by atoms with Crippen molar-refractivity contribution in [1.82, 2.24) is 0 Å². The molecule has 2 N–H and O–H groups in total. The van der Waals surface area contributed by atoms with E-state index >= 15 is 0 Å². The number of ether oxygens (including phenoxy) is 1. The minimum Gasteiger partial charge on any atom is -0.481 e. The van der Waals surface area contributed by atoms with Crippen LogP contribution in [-0.2, 0) is 24.4 Å². The van der Waals surface area contributed by atoms with E-state index in [4.69, 9.17) is 4.74 Å². The first-order valence-electron chi connectivity index (χ1n) is 10.5. The Bertz CT molecular complexity index is 587. The first-order chi connectivity index (χ1) is 13.1. The molecular weight excluding hydrogens is 384 g/mol. The normalized spacial score (nSPS) is 16.2. The number of carbonyl (C=O) groups is 2. The molecular formula is C20H38O7S. The molecule has 0 saturated carbocycles. The second-order valence-corrected chi connectivity index (χ2v) is 9.03. The van der Waals surface area contributed by atoms with Gasteiger partial charge in [0.1, 0.15) is 5.41 Å². The van der Waals surface area contributed by atoms with Crippen LogP contribution < -0.4 is 0 Å². The fourth-order valence-electron chi connectivity index (χ4n) is 4.01. The van der Waals surface area contributed by atoms with Gasteiger partial charge in [0.25, 0.3) is 10.1 Å². The summed E-state index contributed by atoms with van der Waals surface area (Å²) in [6, 6.07) is 0. The van der Waals surface area contributed by atoms with Gasteiger partial charge in [-0.05, 0) is 26.2 Å². The summed E-state index contributed by atoms with van der Waals surface area (Å²) in [7, 11) is -5.05. The highest BCUT2D eigenvalue weighted by molar-refractivity contribution is 7.88. The van der Waals surface area contributed by atoms with Crippen molar-refractivity contribution >= 4 is 22.1 Å². The lowest BCUT2D eigenvalue weighted by Gasteiger charge is -2.43. The van der Waals surface area contributed by atoms with Crippen LogP contribution in [0.2, 0.25) is 0 Å². The van der Waals surface area contributed by atoms with Crippen molar-refractivity contribution in [1.29, 1.82) is 0 Å². The van der Waals surface area contributed by atoms with Crippen LogP contribution in [-0.4, -0.2) is 41.4 Å². The van der Waals surface area contributed by atoms with Crippen LogP contribution in [0.1, 0.15) is 98.3 Å². The zero-order chi connectivity index (χ0) is 21.8. The van der Waals surface area contributed by atoms with Gasteiger partial charge >= 0.3 is 11.9 Å². The van der Waals surface area contributed by atoms with Gasteiger partial charge in [0.05, 0.1) is 6.61 Å². The topological polar surface area (TPSA) is 118 Å². The predicted molar refractivity (Wildman–Crippen MR) is 109 cm³/mol. The summed E-state index contributed by atoms with van der Waals surface area (Å²) < 4.78 is 38.0. The monoisotopic (exact) mass is 422 g/mol. The lowest BCUT2D eigenvalue weighted by atomic mass is 9.67. The SMILES string of the molecule is CCCCCCC(CC)(C(=O)O)C(CCCCCC)(C(=O)OCC)S(=O)(=O)O. The Hall–Kier alpha value is -1.15. The first kappa shape index (κ1) is 26.9. The first-order valence-corrected chi connectivity index (χ1v) is 11.9. The van der Waals surface area contributed by atoms with Crippen molar-refractivity contribution in [3.05, 3.63) is 0 Å². The molecule has 0 aliphatic heterocycles. The number of hydrogen-bond acceptors (Lipinski definition) is 5. The van der Waals surface area contributed by atoms with E-state index in [2.05, 4.69) is 0 Å². The molecule has 0 radical (unpaired) electrons. The van der Waals surface area contributed by atoms with Gasteiger partial charge < -0.3 is 9.84 Å². The fraction of sp³-hybridized carbons (Fsp3) is 0.900. The quantitative estimate of drug-likeness (QED) is 0.212. The molecule has 166 valence electrons. The number of esters is 1. The molecule has 28 heavy (non-hydrogen) atoms. The summed E-state index contributed by atoms with van der Waals surface area (Å²) >= 11 is 0. The van der Waals surface area contributed by atoms with E-state index in [0.29, 0.717) is 19.3 Å². The van der Waals surface area contributed by atoms with Gasteiger partial charge in [0.2, 0.25) is 4.75 Å². The molecule has 2 unspecified atom stereocenters. The molecule has 0 aromatic rings. The third-order valence-corrected chi connectivity index (χ3v) is 7.31. The van der Waals surface area contributed by atoms with E-state index in [9.17, 15) is 27.7 Å². The molecule has 0 saturated heterocycles. The van der Waals surface area contributed by atoms with Gasteiger partial charge in [-0.25, -0.2) is 0 Å². The van der Waals surface area contributed by atoms with Gasteiger partial charge in [-0.15, -0.1) is 0 Å². The molecule has 0 fully saturated rings. The van der Waals surface area contributed by atoms with Crippen molar-refractivity contribution in [3.63, 3.8) is 0 Å². The second kappa shape index (κ2) is 12.4. The molecule has 0 aliphatic carbocycles. The van der Waals surface area contributed by atoms with Crippen molar-refractivity contribution in [2.45, 2.75) is 103 Å². The van der Waals surface area contributed by atoms with Gasteiger partial charge in [0, 0.05) is 0 Å². The average molecular weight is 423 g/mol. The van der Waals surface area contributed by atoms with Gasteiger partial charge in [-0.1, -0.05) is 72.1 Å². The molecule has 7 nitrogen and oxygen atoms in total. The molecule has 8 heteroatoms. The molecule has 0 aliphatic rings. The van der Waals surface area contributed by atoms with E-state index in [-0.39, 0.29) is 25.9 Å². The second-order valence-electron chi connectivity index (χ2n) is 7.38. The van der Waals surface area contributed by atoms with Crippen LogP contribution in [0.25, 0.3) is 0 Å². The molecule has 0 amide bonds. The predicted octanol–water partition coefficient (Wildman–Crippen LogP) is 4.60. The molecule has 0 aromatic heterocycles. The average Bonchev–Trinajstić information content (AvgIpc) is 2.62. The maximum atomic E-state index is 12.9. The van der Waals surface area contributed by atoms with Gasteiger partial charge in [-0.2, -0.15) is 8.42 Å². The van der Waals surface area contributed by atoms with Crippen LogP contribution in [0.4, 0.5) is 0 Å². The summed E-state index contributed by atoms with van der Waals surface area (Å²) in [5.74, 6) is -2.54. The lowest BCUT2D eigenvalue weighted by molar-refractivity contribution is -0.165. The summed E-state index contributed by atoms with van der Waals surface area (Å²) in [4.78, 5) is 25.4. The maximum Gasteiger partial charge on any atom is 0.331 e. The van der Waals surface area contributed by atoms with Crippen LogP contribution in [0.5, 0.6) is 0 Å². The van der Waals surface area contributed by atoms with Crippen molar-refractivity contribution in [2.24, 2.45) is 5.41 Å². The van der Waals surface area contributed by atoms with Crippen molar-refractivity contribution < 1.29 is 32.4 Å². The van der Waals surface area contributed by atoms with E-state index in [0.717, 1.165) is 32.1 Å². The number of rotatable bonds is 16. The largest absolute Gasteiger partial charge is 0.481 e. The highest BCUT2D eigenvalue weighted by atomic mass is 32.2. The molecule has 0 bridgehead atoms. The standard InChI is InChI=1S/C20H38O7S/c1-5-9-11-13-15-19(7-3,17(21)22)20(28(24,25)26,18(23)27-8-4)16-14-12-10-6-2/h5-16H2,1-4H3,(H,21,22)(H,24,25,26). The number of unbranched alkanes of at least 4 members (excludes halogenated alkanes) is 6. The summed E-state index contributed by atoms with van der Waals surface area (Å²) in [5.41, 5.74) is -1.94. The van der Waals surface area contributed by atoms with Gasteiger partial charge in [-0.3, -0.25) is 14.1 Å². The summed E-state index contributed by atoms with van der Waals surface area (Å²) in [6.07, 6.45) is 5.31. The lowest BCUT2D eigenvalue weighted by Crippen LogP contribution is -2.63. The third-order valence-electron chi connectivity index (χ3n) is 5.67. The number of carboxylic acid groups (broad SMARTS) is 1. The smallest absolute Gasteiger partial charge is 0.331 e.